The number of amides is 1. The molecule has 1 aromatic carbocycles. The summed E-state index contributed by atoms with van der Waals surface area (Å²) in [6.07, 6.45) is 12.8. The number of carbonyl (C=O) groups excluding carboxylic acids is 1. The number of aromatic amines is 1. The highest BCUT2D eigenvalue weighted by Gasteiger charge is 2.54. The smallest absolute Gasteiger partial charge is 0.245 e. The number of dihydropyridines is 1. The number of hydrogen-bond donors (Lipinski definition) is 2. The maximum atomic E-state index is 12.0. The number of aromatic nitrogens is 4. The van der Waals surface area contributed by atoms with Gasteiger partial charge in [0.25, 0.3) is 0 Å². The summed E-state index contributed by atoms with van der Waals surface area (Å²) in [7, 11) is 0. The Labute approximate surface area is 233 Å². The average Bonchev–Trinajstić information content (AvgIpc) is 3.63. The minimum atomic E-state index is 0.0319. The summed E-state index contributed by atoms with van der Waals surface area (Å²) >= 11 is 7.07. The van der Waals surface area contributed by atoms with E-state index in [0.717, 1.165) is 96.1 Å². The molecule has 1 amide bonds. The lowest BCUT2D eigenvalue weighted by Crippen LogP contribution is -2.63. The van der Waals surface area contributed by atoms with E-state index >= 15 is 0 Å². The molecule has 3 aliphatic heterocycles. The maximum absolute atomic E-state index is 12.0. The van der Waals surface area contributed by atoms with Gasteiger partial charge < -0.3 is 15.1 Å². The Hall–Kier alpha value is -3.52. The van der Waals surface area contributed by atoms with E-state index in [-0.39, 0.29) is 11.3 Å². The maximum Gasteiger partial charge on any atom is 0.245 e. The molecule has 2 aromatic heterocycles. The molecule has 9 heteroatoms. The molecular formula is C30H34ClN7O. The first-order valence-electron chi connectivity index (χ1n) is 13.8. The molecule has 202 valence electrons. The third-order valence-corrected chi connectivity index (χ3v) is 9.80. The number of H-pyrrole nitrogens is 1. The van der Waals surface area contributed by atoms with Gasteiger partial charge in [0.1, 0.15) is 0 Å². The number of fused-ring (bicyclic) bond motifs is 1. The van der Waals surface area contributed by atoms with E-state index in [9.17, 15) is 4.79 Å². The van der Waals surface area contributed by atoms with Crippen LogP contribution in [0.1, 0.15) is 36.6 Å². The number of rotatable bonds is 5. The topological polar surface area (TPSA) is 82.1 Å². The lowest BCUT2D eigenvalue weighted by atomic mass is 9.60. The van der Waals surface area contributed by atoms with Crippen molar-refractivity contribution >= 4 is 34.2 Å². The first-order valence-corrected chi connectivity index (χ1v) is 14.2. The van der Waals surface area contributed by atoms with Crippen LogP contribution in [0.4, 0.5) is 5.82 Å². The summed E-state index contributed by atoms with van der Waals surface area (Å²) in [5.41, 5.74) is 6.95. The SMILES string of the molecule is C=CC(=O)N1CC2(CC(n3nc(N4CCC(C5=CC=CNC5)C4)c(-c4c(Cl)c(C)cc5[nH]ncc45)c3C)C2)C1. The fraction of sp³-hybridized carbons (Fsp3) is 0.433. The number of benzene rings is 1. The van der Waals surface area contributed by atoms with Crippen LogP contribution in [0.15, 0.2) is 48.8 Å². The summed E-state index contributed by atoms with van der Waals surface area (Å²) in [5.74, 6) is 1.55. The van der Waals surface area contributed by atoms with Crippen molar-refractivity contribution in [1.29, 1.82) is 0 Å². The molecule has 0 bridgehead atoms. The molecule has 1 spiro atoms. The van der Waals surface area contributed by atoms with Crippen LogP contribution in [-0.2, 0) is 4.79 Å². The summed E-state index contributed by atoms with van der Waals surface area (Å²) in [4.78, 5) is 16.4. The quantitative estimate of drug-likeness (QED) is 0.447. The summed E-state index contributed by atoms with van der Waals surface area (Å²) in [6, 6.07) is 2.38. The Morgan fingerprint density at radius 3 is 2.82 bits per heavy atom. The normalized spacial score (nSPS) is 22.1. The van der Waals surface area contributed by atoms with Crippen molar-refractivity contribution in [3.63, 3.8) is 0 Å². The van der Waals surface area contributed by atoms with Gasteiger partial charge >= 0.3 is 0 Å². The van der Waals surface area contributed by atoms with Gasteiger partial charge in [-0.05, 0) is 68.7 Å². The van der Waals surface area contributed by atoms with Crippen molar-refractivity contribution in [3.05, 3.63) is 65.1 Å². The molecule has 3 fully saturated rings. The van der Waals surface area contributed by atoms with Gasteiger partial charge in [0, 0.05) is 66.3 Å². The Morgan fingerprint density at radius 2 is 2.08 bits per heavy atom. The lowest BCUT2D eigenvalue weighted by Gasteiger charge is -2.58. The van der Waals surface area contributed by atoms with Crippen LogP contribution in [0.3, 0.4) is 0 Å². The van der Waals surface area contributed by atoms with Crippen LogP contribution in [-0.4, -0.2) is 63.5 Å². The predicted octanol–water partition coefficient (Wildman–Crippen LogP) is 4.92. The molecule has 39 heavy (non-hydrogen) atoms. The monoisotopic (exact) mass is 543 g/mol. The number of likely N-dealkylation sites (tertiary alicyclic amines) is 1. The average molecular weight is 544 g/mol. The number of halogens is 1. The van der Waals surface area contributed by atoms with Gasteiger partial charge in [0.2, 0.25) is 5.91 Å². The van der Waals surface area contributed by atoms with Crippen molar-refractivity contribution in [2.45, 2.75) is 39.2 Å². The second kappa shape index (κ2) is 9.01. The van der Waals surface area contributed by atoms with Crippen LogP contribution in [0, 0.1) is 25.2 Å². The number of nitrogens with one attached hydrogen (secondary N) is 2. The molecule has 0 radical (unpaired) electrons. The minimum Gasteiger partial charge on any atom is -0.387 e. The molecule has 2 N–H and O–H groups in total. The highest BCUT2D eigenvalue weighted by Crippen LogP contribution is 2.55. The van der Waals surface area contributed by atoms with Crippen molar-refractivity contribution in [1.82, 2.24) is 30.2 Å². The van der Waals surface area contributed by atoms with E-state index in [1.165, 1.54) is 11.6 Å². The molecule has 4 aliphatic rings. The first kappa shape index (κ1) is 24.5. The van der Waals surface area contributed by atoms with Gasteiger partial charge in [0.05, 0.1) is 22.8 Å². The van der Waals surface area contributed by atoms with Crippen molar-refractivity contribution < 1.29 is 4.79 Å². The van der Waals surface area contributed by atoms with Crippen LogP contribution in [0.2, 0.25) is 5.02 Å². The molecule has 3 aromatic rings. The van der Waals surface area contributed by atoms with Gasteiger partial charge in [-0.1, -0.05) is 24.3 Å². The van der Waals surface area contributed by atoms with E-state index in [4.69, 9.17) is 16.7 Å². The number of aryl methyl sites for hydroxylation is 1. The summed E-state index contributed by atoms with van der Waals surface area (Å²) < 4.78 is 2.25. The van der Waals surface area contributed by atoms with Crippen LogP contribution in [0.25, 0.3) is 22.0 Å². The Bertz CT molecular complexity index is 1550. The number of allylic oxidation sites excluding steroid dienone is 2. The van der Waals surface area contributed by atoms with E-state index in [1.807, 2.05) is 17.3 Å². The highest BCUT2D eigenvalue weighted by molar-refractivity contribution is 6.36. The number of anilines is 1. The predicted molar refractivity (Wildman–Crippen MR) is 155 cm³/mol. The van der Waals surface area contributed by atoms with Crippen LogP contribution in [0.5, 0.6) is 0 Å². The highest BCUT2D eigenvalue weighted by atomic mass is 35.5. The van der Waals surface area contributed by atoms with Gasteiger partial charge in [-0.3, -0.25) is 14.6 Å². The minimum absolute atomic E-state index is 0.0319. The molecule has 2 saturated heterocycles. The van der Waals surface area contributed by atoms with E-state index in [0.29, 0.717) is 12.0 Å². The number of nitrogens with zero attached hydrogens (tertiary/aromatic N) is 5. The lowest BCUT2D eigenvalue weighted by molar-refractivity contribution is -0.149. The Kier molecular flexibility index (Phi) is 5.67. The van der Waals surface area contributed by atoms with Gasteiger partial charge in [0.15, 0.2) is 5.82 Å². The van der Waals surface area contributed by atoms with Crippen molar-refractivity contribution in [2.75, 3.05) is 37.6 Å². The van der Waals surface area contributed by atoms with Crippen molar-refractivity contribution in [2.24, 2.45) is 11.3 Å². The van der Waals surface area contributed by atoms with E-state index in [1.54, 1.807) is 0 Å². The Balaban J connectivity index is 1.26. The van der Waals surface area contributed by atoms with Gasteiger partial charge in [-0.25, -0.2) is 0 Å². The zero-order valence-corrected chi connectivity index (χ0v) is 23.3. The molecule has 1 unspecified atom stereocenters. The molecule has 1 atom stereocenters. The summed E-state index contributed by atoms with van der Waals surface area (Å²) in [5, 5.41) is 18.0. The van der Waals surface area contributed by atoms with E-state index < -0.39 is 0 Å². The fourth-order valence-electron chi connectivity index (χ4n) is 7.25. The van der Waals surface area contributed by atoms with Crippen LogP contribution < -0.4 is 10.2 Å². The second-order valence-electron chi connectivity index (χ2n) is 11.8. The molecular weight excluding hydrogens is 510 g/mol. The summed E-state index contributed by atoms with van der Waals surface area (Å²) in [6.45, 7) is 12.3. The van der Waals surface area contributed by atoms with Gasteiger partial charge in [-0.2, -0.15) is 10.2 Å². The standard InChI is InChI=1S/C30H34ClN7O/c1-4-25(39)37-16-30(17-37)11-22(12-30)38-19(3)26(27-23-14-33-34-24(23)10-18(2)28(27)31)29(35-38)36-9-7-21(15-36)20-6-5-8-32-13-20/h4-6,8,10,14,21-22,32H,1,7,9,11-13,15-17H2,2-3H3,(H,33,34). The molecule has 1 saturated carbocycles. The Morgan fingerprint density at radius 1 is 1.26 bits per heavy atom. The molecule has 7 rings (SSSR count). The first-order chi connectivity index (χ1) is 18.9. The zero-order valence-electron chi connectivity index (χ0n) is 22.5. The number of carbonyl (C=O) groups is 1. The van der Waals surface area contributed by atoms with Gasteiger partial charge in [-0.15, -0.1) is 0 Å². The number of hydrogen-bond acceptors (Lipinski definition) is 5. The fourth-order valence-corrected chi connectivity index (χ4v) is 7.50. The molecule has 8 nitrogen and oxygen atoms in total. The zero-order chi connectivity index (χ0) is 26.9. The largest absolute Gasteiger partial charge is 0.387 e. The third-order valence-electron chi connectivity index (χ3n) is 9.31. The second-order valence-corrected chi connectivity index (χ2v) is 12.2. The molecule has 5 heterocycles. The van der Waals surface area contributed by atoms with E-state index in [2.05, 4.69) is 63.7 Å². The van der Waals surface area contributed by atoms with Crippen LogP contribution >= 0.6 is 11.6 Å². The van der Waals surface area contributed by atoms with Crippen molar-refractivity contribution in [3.8, 4) is 11.1 Å². The third kappa shape index (κ3) is 3.83. The molecule has 1 aliphatic carbocycles.